The number of sulfonamides is 1. The summed E-state index contributed by atoms with van der Waals surface area (Å²) >= 11 is 6.32. The minimum absolute atomic E-state index is 0.130. The normalized spacial score (nSPS) is 15.9. The van der Waals surface area contributed by atoms with Gasteiger partial charge in [0, 0.05) is 35.9 Å². The molecule has 0 amide bonds. The average molecular weight is 488 g/mol. The predicted octanol–water partition coefficient (Wildman–Crippen LogP) is 3.90. The van der Waals surface area contributed by atoms with Crippen LogP contribution in [0.5, 0.6) is 11.5 Å². The largest absolute Gasteiger partial charge is 0.493 e. The molecule has 9 heteroatoms. The van der Waals surface area contributed by atoms with Crippen molar-refractivity contribution in [3.63, 3.8) is 0 Å². The first-order chi connectivity index (χ1) is 15.9. The molecule has 1 saturated heterocycles. The number of nitrogens with zero attached hydrogens (tertiary/aromatic N) is 2. The third kappa shape index (κ3) is 4.93. The van der Waals surface area contributed by atoms with Gasteiger partial charge in [-0.25, -0.2) is 8.42 Å². The molecule has 1 aliphatic heterocycles. The highest BCUT2D eigenvalue weighted by Gasteiger charge is 2.35. The molecule has 2 aromatic carbocycles. The van der Waals surface area contributed by atoms with Gasteiger partial charge in [0.05, 0.1) is 30.8 Å². The van der Waals surface area contributed by atoms with E-state index in [-0.39, 0.29) is 10.9 Å². The lowest BCUT2D eigenvalue weighted by Gasteiger charge is -2.32. The lowest BCUT2D eigenvalue weighted by atomic mass is 10.1. The van der Waals surface area contributed by atoms with Crippen molar-refractivity contribution in [2.75, 3.05) is 31.6 Å². The van der Waals surface area contributed by atoms with Gasteiger partial charge in [-0.15, -0.1) is 0 Å². The van der Waals surface area contributed by atoms with Gasteiger partial charge in [-0.3, -0.25) is 9.29 Å². The van der Waals surface area contributed by atoms with Crippen molar-refractivity contribution in [1.82, 2.24) is 10.3 Å². The molecule has 1 unspecified atom stereocenters. The number of nitrogens with one attached hydrogen (secondary N) is 1. The summed E-state index contributed by atoms with van der Waals surface area (Å²) in [6, 6.07) is 15.4. The Balaban J connectivity index is 1.84. The number of rotatable bonds is 8. The molecule has 1 atom stereocenters. The molecule has 174 valence electrons. The Hall–Kier alpha value is -2.81. The fourth-order valence-corrected chi connectivity index (χ4v) is 5.99. The molecule has 2 heterocycles. The highest BCUT2D eigenvalue weighted by molar-refractivity contribution is 7.92. The summed E-state index contributed by atoms with van der Waals surface area (Å²) in [4.78, 5) is 4.54. The first-order valence-corrected chi connectivity index (χ1v) is 12.4. The van der Waals surface area contributed by atoms with E-state index in [1.165, 1.54) is 24.6 Å². The van der Waals surface area contributed by atoms with E-state index in [9.17, 15) is 8.42 Å². The van der Waals surface area contributed by atoms with E-state index in [1.807, 2.05) is 24.3 Å². The zero-order valence-corrected chi connectivity index (χ0v) is 20.1. The quantitative estimate of drug-likeness (QED) is 0.519. The van der Waals surface area contributed by atoms with Gasteiger partial charge in [-0.1, -0.05) is 17.7 Å². The molecular formula is C24H26ClN3O4S. The second-order valence-corrected chi connectivity index (χ2v) is 9.99. The van der Waals surface area contributed by atoms with Crippen molar-refractivity contribution in [3.8, 4) is 11.5 Å². The van der Waals surface area contributed by atoms with Crippen LogP contribution in [0.2, 0.25) is 5.02 Å². The number of aromatic nitrogens is 1. The predicted molar refractivity (Wildman–Crippen MR) is 129 cm³/mol. The minimum atomic E-state index is -3.93. The minimum Gasteiger partial charge on any atom is -0.493 e. The first kappa shape index (κ1) is 23.4. The van der Waals surface area contributed by atoms with Crippen molar-refractivity contribution in [1.29, 1.82) is 0 Å². The van der Waals surface area contributed by atoms with Gasteiger partial charge in [0.15, 0.2) is 11.5 Å². The first-order valence-electron chi connectivity index (χ1n) is 10.6. The lowest BCUT2D eigenvalue weighted by molar-refractivity contribution is 0.354. The summed E-state index contributed by atoms with van der Waals surface area (Å²) in [5.74, 6) is 0.820. The topological polar surface area (TPSA) is 80.8 Å². The zero-order chi connectivity index (χ0) is 23.4. The molecule has 1 N–H and O–H groups in total. The van der Waals surface area contributed by atoms with E-state index >= 15 is 0 Å². The van der Waals surface area contributed by atoms with E-state index in [0.717, 1.165) is 17.8 Å². The van der Waals surface area contributed by atoms with E-state index in [2.05, 4.69) is 10.3 Å². The Bertz CT molecular complexity index is 1220. The molecule has 7 nitrogen and oxygen atoms in total. The number of benzene rings is 2. The van der Waals surface area contributed by atoms with E-state index < -0.39 is 10.0 Å². The van der Waals surface area contributed by atoms with Crippen LogP contribution in [-0.4, -0.2) is 46.8 Å². The summed E-state index contributed by atoms with van der Waals surface area (Å²) in [6.45, 7) is 1.30. The van der Waals surface area contributed by atoms with Gasteiger partial charge in [0.2, 0.25) is 0 Å². The highest BCUT2D eigenvalue weighted by atomic mass is 35.5. The molecule has 0 spiro atoms. The van der Waals surface area contributed by atoms with Gasteiger partial charge in [0.1, 0.15) is 0 Å². The zero-order valence-electron chi connectivity index (χ0n) is 18.5. The molecule has 4 rings (SSSR count). The Morgan fingerprint density at radius 2 is 1.91 bits per heavy atom. The van der Waals surface area contributed by atoms with Crippen molar-refractivity contribution >= 4 is 27.3 Å². The van der Waals surface area contributed by atoms with Crippen molar-refractivity contribution in [2.45, 2.75) is 23.8 Å². The summed E-state index contributed by atoms with van der Waals surface area (Å²) in [6.07, 6.45) is 2.87. The summed E-state index contributed by atoms with van der Waals surface area (Å²) in [7, 11) is -0.931. The van der Waals surface area contributed by atoms with Crippen molar-refractivity contribution in [2.24, 2.45) is 0 Å². The molecule has 0 aliphatic carbocycles. The van der Waals surface area contributed by atoms with Gasteiger partial charge in [-0.05, 0) is 61.0 Å². The van der Waals surface area contributed by atoms with Crippen LogP contribution in [0.15, 0.2) is 65.7 Å². The number of hydrogen-bond acceptors (Lipinski definition) is 6. The highest BCUT2D eigenvalue weighted by Crippen LogP contribution is 2.36. The lowest BCUT2D eigenvalue weighted by Crippen LogP contribution is -2.42. The van der Waals surface area contributed by atoms with Crippen LogP contribution >= 0.6 is 11.6 Å². The smallest absolute Gasteiger partial charge is 0.264 e. The second kappa shape index (κ2) is 9.99. The monoisotopic (exact) mass is 487 g/mol. The molecule has 0 radical (unpaired) electrons. The van der Waals surface area contributed by atoms with Crippen molar-refractivity contribution in [3.05, 3.63) is 77.1 Å². The molecular weight excluding hydrogens is 462 g/mol. The summed E-state index contributed by atoms with van der Waals surface area (Å²) in [5, 5.41) is 3.82. The fourth-order valence-electron chi connectivity index (χ4n) is 4.06. The third-order valence-corrected chi connectivity index (χ3v) is 7.75. The van der Waals surface area contributed by atoms with E-state index in [1.54, 1.807) is 30.5 Å². The number of pyridine rings is 1. The average Bonchev–Trinajstić information content (AvgIpc) is 3.35. The maximum absolute atomic E-state index is 14.0. The van der Waals surface area contributed by atoms with Gasteiger partial charge in [0.25, 0.3) is 10.0 Å². The van der Waals surface area contributed by atoms with E-state index in [4.69, 9.17) is 21.1 Å². The Labute approximate surface area is 199 Å². The number of hydrogen-bond donors (Lipinski definition) is 1. The van der Waals surface area contributed by atoms with Crippen LogP contribution in [0.3, 0.4) is 0 Å². The van der Waals surface area contributed by atoms with Crippen LogP contribution in [0, 0.1) is 0 Å². The third-order valence-electron chi connectivity index (χ3n) is 5.65. The van der Waals surface area contributed by atoms with Gasteiger partial charge in [-0.2, -0.15) is 0 Å². The molecule has 1 aromatic heterocycles. The maximum atomic E-state index is 14.0. The standard InChI is InChI=1S/C24H26ClN3O4S/c1-31-23-9-7-21(15-24(23)32-2)33(29,30)28(20-10-12-26-16-20)22-8-6-18(25)13-17(22)14-19-5-3-4-11-27-19/h3-9,11,13,15,20,26H,10,12,14,16H2,1-2H3. The molecule has 1 fully saturated rings. The van der Waals surface area contributed by atoms with Crippen LogP contribution in [0.4, 0.5) is 5.69 Å². The summed E-state index contributed by atoms with van der Waals surface area (Å²) in [5.41, 5.74) is 2.21. The van der Waals surface area contributed by atoms with Crippen LogP contribution < -0.4 is 19.1 Å². The fraction of sp³-hybridized carbons (Fsp3) is 0.292. The van der Waals surface area contributed by atoms with Gasteiger partial charge < -0.3 is 14.8 Å². The Kier molecular flexibility index (Phi) is 7.07. The van der Waals surface area contributed by atoms with Crippen LogP contribution in [0.1, 0.15) is 17.7 Å². The SMILES string of the molecule is COc1ccc(S(=O)(=O)N(c2ccc(Cl)cc2Cc2ccccn2)C2CCNC2)cc1OC. The maximum Gasteiger partial charge on any atom is 0.264 e. The number of halogens is 1. The number of ether oxygens (including phenoxy) is 2. The van der Waals surface area contributed by atoms with Crippen molar-refractivity contribution < 1.29 is 17.9 Å². The van der Waals surface area contributed by atoms with Gasteiger partial charge >= 0.3 is 0 Å². The number of methoxy groups -OCH3 is 2. The molecule has 0 bridgehead atoms. The van der Waals surface area contributed by atoms with E-state index in [0.29, 0.717) is 41.6 Å². The Morgan fingerprint density at radius 3 is 2.58 bits per heavy atom. The molecule has 33 heavy (non-hydrogen) atoms. The molecule has 0 saturated carbocycles. The molecule has 3 aromatic rings. The summed E-state index contributed by atoms with van der Waals surface area (Å²) < 4.78 is 40.2. The Morgan fingerprint density at radius 1 is 1.09 bits per heavy atom. The molecule has 1 aliphatic rings. The van der Waals surface area contributed by atoms with Crippen LogP contribution in [-0.2, 0) is 16.4 Å². The second-order valence-electron chi connectivity index (χ2n) is 7.74. The number of anilines is 1. The van der Waals surface area contributed by atoms with Crippen LogP contribution in [0.25, 0.3) is 0 Å².